The number of fused-ring (bicyclic) bond motifs is 4. The summed E-state index contributed by atoms with van der Waals surface area (Å²) in [6, 6.07) is 36.6. The van der Waals surface area contributed by atoms with Gasteiger partial charge >= 0.3 is 12.1 Å². The third-order valence-electron chi connectivity index (χ3n) is 9.79. The molecule has 0 unspecified atom stereocenters. The Hall–Kier alpha value is -7.01. The van der Waals surface area contributed by atoms with Crippen molar-refractivity contribution in [2.24, 2.45) is 0 Å². The van der Waals surface area contributed by atoms with Crippen molar-refractivity contribution in [2.45, 2.75) is 31.2 Å². The average molecular weight is 735 g/mol. The van der Waals surface area contributed by atoms with Gasteiger partial charge in [0.05, 0.1) is 0 Å². The Morgan fingerprint density at radius 3 is 2.11 bits per heavy atom. The highest BCUT2D eigenvalue weighted by Gasteiger charge is 2.29. The summed E-state index contributed by atoms with van der Waals surface area (Å²) in [4.78, 5) is 66.9. The molecule has 5 aromatic carbocycles. The van der Waals surface area contributed by atoms with Crippen LogP contribution in [0.25, 0.3) is 33.2 Å². The van der Waals surface area contributed by atoms with Gasteiger partial charge in [-0.25, -0.2) is 9.59 Å². The molecule has 0 radical (unpaired) electrons. The largest absolute Gasteiger partial charge is 0.477 e. The lowest BCUT2D eigenvalue weighted by Crippen LogP contribution is -2.44. The fourth-order valence-electron chi connectivity index (χ4n) is 6.95. The normalized spacial score (nSPS) is 12.3. The minimum atomic E-state index is -1.37. The number of alkyl carbamates (subject to hydrolysis) is 1. The Labute approximate surface area is 316 Å². The summed E-state index contributed by atoms with van der Waals surface area (Å²) in [6.45, 7) is 0.484. The van der Waals surface area contributed by atoms with Crippen LogP contribution in [0.5, 0.6) is 0 Å². The zero-order valence-corrected chi connectivity index (χ0v) is 29.7. The first-order chi connectivity index (χ1) is 26.8. The zero-order chi connectivity index (χ0) is 38.3. The molecular weight excluding hydrogens is 697 g/mol. The number of carbonyl (C=O) groups is 4. The molecule has 1 atom stereocenters. The molecule has 1 heterocycles. The number of H-pyrrole nitrogens is 1. The number of carbonyl (C=O) groups excluding carboxylic acids is 3. The molecule has 11 nitrogen and oxygen atoms in total. The van der Waals surface area contributed by atoms with Crippen molar-refractivity contribution >= 4 is 40.5 Å². The van der Waals surface area contributed by atoms with Crippen LogP contribution in [0.3, 0.4) is 0 Å². The Morgan fingerprint density at radius 1 is 0.764 bits per heavy atom. The lowest BCUT2D eigenvalue weighted by atomic mass is 9.98. The predicted molar refractivity (Wildman–Crippen MR) is 210 cm³/mol. The van der Waals surface area contributed by atoms with Crippen molar-refractivity contribution in [1.29, 1.82) is 0 Å². The number of carboxylic acids is 1. The monoisotopic (exact) mass is 734 g/mol. The van der Waals surface area contributed by atoms with E-state index in [4.69, 9.17) is 4.74 Å². The van der Waals surface area contributed by atoms with Gasteiger partial charge in [-0.2, -0.15) is 0 Å². The maximum Gasteiger partial charge on any atom is 0.407 e. The number of unbranched alkanes of at least 4 members (excludes halogenated alkanes) is 1. The van der Waals surface area contributed by atoms with E-state index in [9.17, 15) is 29.1 Å². The number of benzene rings is 5. The van der Waals surface area contributed by atoms with Crippen LogP contribution in [0.15, 0.2) is 132 Å². The molecule has 0 fully saturated rings. The van der Waals surface area contributed by atoms with Crippen LogP contribution < -0.4 is 21.4 Å². The zero-order valence-electron chi connectivity index (χ0n) is 29.7. The number of anilines is 1. The number of aromatic carboxylic acids is 1. The van der Waals surface area contributed by atoms with Crippen molar-refractivity contribution in [3.05, 3.63) is 160 Å². The highest BCUT2D eigenvalue weighted by molar-refractivity contribution is 6.02. The second-order valence-corrected chi connectivity index (χ2v) is 13.3. The summed E-state index contributed by atoms with van der Waals surface area (Å²) in [5.74, 6) is -2.40. The average Bonchev–Trinajstić information content (AvgIpc) is 3.53. The second-order valence-electron chi connectivity index (χ2n) is 13.3. The number of pyridine rings is 1. The third-order valence-corrected chi connectivity index (χ3v) is 9.79. The van der Waals surface area contributed by atoms with Gasteiger partial charge in [0.1, 0.15) is 18.2 Å². The minimum absolute atomic E-state index is 0.0595. The molecule has 3 amide bonds. The minimum Gasteiger partial charge on any atom is -0.477 e. The number of carboxylic acid groups (broad SMARTS) is 1. The van der Waals surface area contributed by atoms with E-state index in [1.54, 1.807) is 24.3 Å². The van der Waals surface area contributed by atoms with Crippen LogP contribution in [-0.4, -0.2) is 53.2 Å². The summed E-state index contributed by atoms with van der Waals surface area (Å²) in [5.41, 5.74) is 6.38. The van der Waals surface area contributed by atoms with Gasteiger partial charge in [0.25, 0.3) is 5.91 Å². The quantitative estimate of drug-likeness (QED) is 0.0775. The standard InChI is InChI=1S/C44H38N4O7/c49-40-35-24-30(21-22-38(35)46-25-36(40)43(52)53)47-42(51)39(48-41(50)29-19-17-28(18-20-29)27-10-2-1-3-11-27)16-8-9-23-45-44(54)55-26-37-33-14-6-4-12-31(33)32-13-5-7-15-34(32)37/h1-7,10-15,17-22,24-25,37,39H,8-9,16,23,26H2,(H,45,54)(H,46,49)(H,47,51)(H,48,50)(H,52,53)/t39-/m0/s1. The Morgan fingerprint density at radius 2 is 1.42 bits per heavy atom. The van der Waals surface area contributed by atoms with Gasteiger partial charge < -0.3 is 30.8 Å². The smallest absolute Gasteiger partial charge is 0.407 e. The molecule has 0 saturated carbocycles. The topological polar surface area (TPSA) is 167 Å². The van der Waals surface area contributed by atoms with E-state index in [1.807, 2.05) is 66.7 Å². The Kier molecular flexibility index (Phi) is 10.8. The van der Waals surface area contributed by atoms with Gasteiger partial charge in [-0.05, 0) is 83.0 Å². The molecule has 0 bridgehead atoms. The third kappa shape index (κ3) is 8.16. The van der Waals surface area contributed by atoms with Gasteiger partial charge in [0.15, 0.2) is 0 Å². The van der Waals surface area contributed by atoms with Crippen molar-refractivity contribution in [3.63, 3.8) is 0 Å². The number of ether oxygens (including phenoxy) is 1. The van der Waals surface area contributed by atoms with Gasteiger partial charge in [0, 0.05) is 40.8 Å². The lowest BCUT2D eigenvalue weighted by Gasteiger charge is -2.19. The molecular formula is C44H38N4O7. The van der Waals surface area contributed by atoms with E-state index in [-0.39, 0.29) is 30.0 Å². The van der Waals surface area contributed by atoms with Crippen LogP contribution in [0.4, 0.5) is 10.5 Å². The molecule has 11 heteroatoms. The highest BCUT2D eigenvalue weighted by Crippen LogP contribution is 2.44. The van der Waals surface area contributed by atoms with Crippen LogP contribution in [0, 0.1) is 0 Å². The maximum absolute atomic E-state index is 13.7. The Bertz CT molecular complexity index is 2400. The number of nitrogens with one attached hydrogen (secondary N) is 4. The van der Waals surface area contributed by atoms with Crippen molar-refractivity contribution in [2.75, 3.05) is 18.5 Å². The van der Waals surface area contributed by atoms with Crippen LogP contribution in [0.1, 0.15) is 57.0 Å². The number of aromatic amines is 1. The summed E-state index contributed by atoms with van der Waals surface area (Å²) in [7, 11) is 0. The van der Waals surface area contributed by atoms with E-state index in [0.29, 0.717) is 30.5 Å². The van der Waals surface area contributed by atoms with Crippen molar-refractivity contribution in [3.8, 4) is 22.3 Å². The highest BCUT2D eigenvalue weighted by atomic mass is 16.5. The molecule has 55 heavy (non-hydrogen) atoms. The SMILES string of the molecule is O=C(NCCCC[C@H](NC(=O)c1ccc(-c2ccccc2)cc1)C(=O)Nc1ccc2[nH]cc(C(=O)O)c(=O)c2c1)OCC1c2ccccc2-c2ccccc21. The first-order valence-electron chi connectivity index (χ1n) is 18.0. The molecule has 5 N–H and O–H groups in total. The van der Waals surface area contributed by atoms with Crippen LogP contribution in [0.2, 0.25) is 0 Å². The van der Waals surface area contributed by atoms with Crippen molar-refractivity contribution in [1.82, 2.24) is 15.6 Å². The fourth-order valence-corrected chi connectivity index (χ4v) is 6.95. The number of rotatable bonds is 13. The van der Waals surface area contributed by atoms with E-state index in [0.717, 1.165) is 39.6 Å². The van der Waals surface area contributed by atoms with Gasteiger partial charge in [-0.3, -0.25) is 14.4 Å². The van der Waals surface area contributed by atoms with E-state index in [1.165, 1.54) is 6.07 Å². The summed E-state index contributed by atoms with van der Waals surface area (Å²) in [6.07, 6.45) is 1.79. The second kappa shape index (κ2) is 16.3. The molecule has 0 spiro atoms. The van der Waals surface area contributed by atoms with Crippen LogP contribution in [-0.2, 0) is 9.53 Å². The van der Waals surface area contributed by atoms with E-state index >= 15 is 0 Å². The Balaban J connectivity index is 0.980. The van der Waals surface area contributed by atoms with Crippen LogP contribution >= 0.6 is 0 Å². The van der Waals surface area contributed by atoms with E-state index < -0.39 is 40.9 Å². The van der Waals surface area contributed by atoms with E-state index in [2.05, 4.69) is 45.2 Å². The molecule has 0 aliphatic heterocycles. The molecule has 276 valence electrons. The first-order valence-corrected chi connectivity index (χ1v) is 18.0. The first kappa shape index (κ1) is 36.4. The summed E-state index contributed by atoms with van der Waals surface area (Å²) < 4.78 is 5.64. The lowest BCUT2D eigenvalue weighted by molar-refractivity contribution is -0.118. The number of hydrogen-bond donors (Lipinski definition) is 5. The number of aromatic nitrogens is 1. The predicted octanol–water partition coefficient (Wildman–Crippen LogP) is 7.34. The number of hydrogen-bond acceptors (Lipinski definition) is 6. The molecule has 0 saturated heterocycles. The van der Waals surface area contributed by atoms with Crippen molar-refractivity contribution < 1.29 is 29.0 Å². The molecule has 1 aliphatic carbocycles. The summed E-state index contributed by atoms with van der Waals surface area (Å²) >= 11 is 0. The van der Waals surface area contributed by atoms with Gasteiger partial charge in [-0.1, -0.05) is 91.0 Å². The maximum atomic E-state index is 13.7. The fraction of sp³-hybridized carbons (Fsp3) is 0.159. The summed E-state index contributed by atoms with van der Waals surface area (Å²) in [5, 5.41) is 17.9. The molecule has 1 aliphatic rings. The molecule has 7 rings (SSSR count). The molecule has 1 aromatic heterocycles. The van der Waals surface area contributed by atoms with Gasteiger partial charge in [0.2, 0.25) is 11.3 Å². The van der Waals surface area contributed by atoms with Gasteiger partial charge in [-0.15, -0.1) is 0 Å². The number of amides is 3. The molecule has 6 aromatic rings.